The zero-order valence-electron chi connectivity index (χ0n) is 13.0. The highest BCUT2D eigenvalue weighted by Crippen LogP contribution is 2.29. The molecule has 126 valence electrons. The van der Waals surface area contributed by atoms with Gasteiger partial charge in [-0.05, 0) is 17.7 Å². The fourth-order valence-corrected chi connectivity index (χ4v) is 3.63. The smallest absolute Gasteiger partial charge is 0.283 e. The van der Waals surface area contributed by atoms with Gasteiger partial charge in [-0.3, -0.25) is 0 Å². The Morgan fingerprint density at radius 2 is 1.92 bits per heavy atom. The molecule has 3 heterocycles. The lowest BCUT2D eigenvalue weighted by Crippen LogP contribution is -1.98. The van der Waals surface area contributed by atoms with Crippen LogP contribution in [0.1, 0.15) is 11.5 Å². The first-order chi connectivity index (χ1) is 12.4. The zero-order chi connectivity index (χ0) is 16.9. The number of aromatic nitrogens is 4. The minimum atomic E-state index is 0.378. The number of rotatable bonds is 7. The molecule has 0 fully saturated rings. The lowest BCUT2D eigenvalue weighted by molar-refractivity contribution is 0.494. The summed E-state index contributed by atoms with van der Waals surface area (Å²) >= 11 is 3.00. The summed E-state index contributed by atoms with van der Waals surface area (Å²) < 4.78 is 11.6. The van der Waals surface area contributed by atoms with E-state index in [0.29, 0.717) is 23.3 Å². The number of benzene rings is 1. The molecule has 4 rings (SSSR count). The molecule has 0 radical (unpaired) electrons. The van der Waals surface area contributed by atoms with Crippen molar-refractivity contribution in [2.24, 2.45) is 0 Å². The van der Waals surface area contributed by atoms with E-state index in [9.17, 15) is 0 Å². The van der Waals surface area contributed by atoms with Crippen LogP contribution in [0.25, 0.3) is 11.7 Å². The van der Waals surface area contributed by atoms with Gasteiger partial charge in [-0.15, -0.1) is 20.4 Å². The standard InChI is InChI=1S/C16H13N5O2S2/c1-2-5-11(6-3-1)9-17-15-20-21-16(25-15)24-10-13-18-19-14(23-13)12-7-4-8-22-12/h1-8H,9-10H2,(H,17,20). The summed E-state index contributed by atoms with van der Waals surface area (Å²) in [5.74, 6) is 1.99. The van der Waals surface area contributed by atoms with Crippen molar-refractivity contribution in [1.29, 1.82) is 0 Å². The summed E-state index contributed by atoms with van der Waals surface area (Å²) in [6.45, 7) is 0.719. The highest BCUT2D eigenvalue weighted by atomic mass is 32.2. The van der Waals surface area contributed by atoms with E-state index in [1.807, 2.05) is 18.2 Å². The predicted molar refractivity (Wildman–Crippen MR) is 95.2 cm³/mol. The summed E-state index contributed by atoms with van der Waals surface area (Å²) in [6, 6.07) is 13.7. The summed E-state index contributed by atoms with van der Waals surface area (Å²) in [5.41, 5.74) is 1.20. The topological polar surface area (TPSA) is 89.9 Å². The summed E-state index contributed by atoms with van der Waals surface area (Å²) in [5, 5.41) is 20.3. The predicted octanol–water partition coefficient (Wildman–Crippen LogP) is 4.09. The van der Waals surface area contributed by atoms with Gasteiger partial charge in [0.25, 0.3) is 5.89 Å². The summed E-state index contributed by atoms with van der Waals surface area (Å²) in [4.78, 5) is 0. The van der Waals surface area contributed by atoms with Gasteiger partial charge in [0.2, 0.25) is 11.0 Å². The molecule has 7 nitrogen and oxygen atoms in total. The molecule has 3 aromatic heterocycles. The van der Waals surface area contributed by atoms with Crippen molar-refractivity contribution < 1.29 is 8.83 Å². The molecule has 0 aliphatic carbocycles. The Morgan fingerprint density at radius 3 is 2.76 bits per heavy atom. The van der Waals surface area contributed by atoms with Crippen LogP contribution in [-0.4, -0.2) is 20.4 Å². The third-order valence-electron chi connectivity index (χ3n) is 3.21. The number of nitrogens with zero attached hydrogens (tertiary/aromatic N) is 4. The van der Waals surface area contributed by atoms with Crippen LogP contribution in [0.4, 0.5) is 5.13 Å². The van der Waals surface area contributed by atoms with Gasteiger partial charge in [-0.1, -0.05) is 53.4 Å². The van der Waals surface area contributed by atoms with Crippen LogP contribution < -0.4 is 5.32 Å². The minimum absolute atomic E-state index is 0.378. The molecule has 4 aromatic rings. The summed E-state index contributed by atoms with van der Waals surface area (Å²) in [6.07, 6.45) is 1.57. The molecular formula is C16H13N5O2S2. The van der Waals surface area contributed by atoms with Crippen molar-refractivity contribution >= 4 is 28.2 Å². The van der Waals surface area contributed by atoms with Gasteiger partial charge in [-0.25, -0.2) is 0 Å². The average Bonchev–Trinajstić information content (AvgIpc) is 3.40. The molecule has 1 aromatic carbocycles. The normalized spacial score (nSPS) is 10.9. The lowest BCUT2D eigenvalue weighted by Gasteiger charge is -2.00. The third kappa shape index (κ3) is 4.06. The molecule has 0 saturated heterocycles. The molecule has 0 unspecified atom stereocenters. The van der Waals surface area contributed by atoms with Crippen molar-refractivity contribution in [1.82, 2.24) is 20.4 Å². The summed E-state index contributed by atoms with van der Waals surface area (Å²) in [7, 11) is 0. The molecule has 0 aliphatic rings. The van der Waals surface area contributed by atoms with Crippen LogP contribution in [0.15, 0.2) is 61.9 Å². The molecule has 0 spiro atoms. The van der Waals surface area contributed by atoms with E-state index < -0.39 is 0 Å². The van der Waals surface area contributed by atoms with Gasteiger partial charge in [0.1, 0.15) is 0 Å². The number of nitrogens with one attached hydrogen (secondary N) is 1. The maximum atomic E-state index is 5.57. The second kappa shape index (κ2) is 7.49. The quantitative estimate of drug-likeness (QED) is 0.486. The van der Waals surface area contributed by atoms with Crippen LogP contribution in [0, 0.1) is 0 Å². The number of hydrogen-bond donors (Lipinski definition) is 1. The fourth-order valence-electron chi connectivity index (χ4n) is 2.05. The molecule has 1 N–H and O–H groups in total. The Labute approximate surface area is 151 Å². The Hall–Kier alpha value is -2.65. The molecule has 0 amide bonds. The second-order valence-corrected chi connectivity index (χ2v) is 7.18. The molecule has 0 saturated carbocycles. The van der Waals surface area contributed by atoms with E-state index in [-0.39, 0.29) is 0 Å². The van der Waals surface area contributed by atoms with Gasteiger partial charge in [-0.2, -0.15) is 0 Å². The van der Waals surface area contributed by atoms with Gasteiger partial charge < -0.3 is 14.2 Å². The van der Waals surface area contributed by atoms with Crippen LogP contribution in [0.5, 0.6) is 0 Å². The number of hydrogen-bond acceptors (Lipinski definition) is 9. The number of anilines is 1. The fraction of sp³-hybridized carbons (Fsp3) is 0.125. The third-order valence-corrected chi connectivity index (χ3v) is 5.21. The number of thioether (sulfide) groups is 1. The monoisotopic (exact) mass is 371 g/mol. The Balaban J connectivity index is 1.31. The van der Waals surface area contributed by atoms with Gasteiger partial charge >= 0.3 is 0 Å². The maximum absolute atomic E-state index is 5.57. The van der Waals surface area contributed by atoms with Crippen LogP contribution in [0.3, 0.4) is 0 Å². The molecule has 25 heavy (non-hydrogen) atoms. The SMILES string of the molecule is c1ccc(CNc2nnc(SCc3nnc(-c4ccco4)o3)s2)cc1. The molecular weight excluding hydrogens is 358 g/mol. The zero-order valence-corrected chi connectivity index (χ0v) is 14.6. The molecule has 0 atom stereocenters. The van der Waals surface area contributed by atoms with E-state index >= 15 is 0 Å². The van der Waals surface area contributed by atoms with Gasteiger partial charge in [0.15, 0.2) is 10.1 Å². The number of furan rings is 1. The van der Waals surface area contributed by atoms with E-state index in [4.69, 9.17) is 8.83 Å². The van der Waals surface area contributed by atoms with Crippen molar-refractivity contribution in [2.45, 2.75) is 16.6 Å². The van der Waals surface area contributed by atoms with Crippen molar-refractivity contribution in [3.8, 4) is 11.7 Å². The first-order valence-electron chi connectivity index (χ1n) is 7.47. The Morgan fingerprint density at radius 1 is 1.00 bits per heavy atom. The van der Waals surface area contributed by atoms with Crippen molar-refractivity contribution in [3.63, 3.8) is 0 Å². The Bertz CT molecular complexity index is 921. The van der Waals surface area contributed by atoms with E-state index in [0.717, 1.165) is 16.0 Å². The van der Waals surface area contributed by atoms with Crippen LogP contribution in [0.2, 0.25) is 0 Å². The average molecular weight is 371 g/mol. The van der Waals surface area contributed by atoms with E-state index in [1.54, 1.807) is 18.4 Å². The first-order valence-corrected chi connectivity index (χ1v) is 9.27. The van der Waals surface area contributed by atoms with Crippen molar-refractivity contribution in [3.05, 3.63) is 60.2 Å². The lowest BCUT2D eigenvalue weighted by atomic mass is 10.2. The minimum Gasteiger partial charge on any atom is -0.459 e. The molecule has 9 heteroatoms. The van der Waals surface area contributed by atoms with E-state index in [2.05, 4.69) is 37.8 Å². The highest BCUT2D eigenvalue weighted by Gasteiger charge is 2.12. The first kappa shape index (κ1) is 15.9. The van der Waals surface area contributed by atoms with Gasteiger partial charge in [0, 0.05) is 6.54 Å². The van der Waals surface area contributed by atoms with Crippen LogP contribution in [-0.2, 0) is 12.3 Å². The maximum Gasteiger partial charge on any atom is 0.283 e. The Kier molecular flexibility index (Phi) is 4.75. The van der Waals surface area contributed by atoms with Gasteiger partial charge in [0.05, 0.1) is 12.0 Å². The highest BCUT2D eigenvalue weighted by molar-refractivity contribution is 8.00. The van der Waals surface area contributed by atoms with Crippen molar-refractivity contribution in [2.75, 3.05) is 5.32 Å². The van der Waals surface area contributed by atoms with Crippen LogP contribution >= 0.6 is 23.1 Å². The largest absolute Gasteiger partial charge is 0.459 e. The molecule has 0 aliphatic heterocycles. The van der Waals surface area contributed by atoms with E-state index in [1.165, 1.54) is 28.7 Å². The molecule has 0 bridgehead atoms. The second-order valence-electron chi connectivity index (χ2n) is 4.98.